The fourth-order valence-corrected chi connectivity index (χ4v) is 3.57. The van der Waals surface area contributed by atoms with E-state index in [-0.39, 0.29) is 12.1 Å². The molecule has 6 heteroatoms. The summed E-state index contributed by atoms with van der Waals surface area (Å²) in [5.41, 5.74) is 4.03. The number of hydrogen-bond acceptors (Lipinski definition) is 4. The van der Waals surface area contributed by atoms with Crippen molar-refractivity contribution in [2.45, 2.75) is 19.5 Å². The molecule has 1 fully saturated rings. The number of nitrogens with zero attached hydrogens (tertiary/aromatic N) is 3. The zero-order chi connectivity index (χ0) is 20.6. The number of carbonyl (C=O) groups excluding carboxylic acids is 1. The van der Waals surface area contributed by atoms with Gasteiger partial charge in [-0.05, 0) is 30.2 Å². The number of hydrogen-bond donors (Lipinski definition) is 1. The summed E-state index contributed by atoms with van der Waals surface area (Å²) in [4.78, 5) is 16.7. The third kappa shape index (κ3) is 5.80. The normalized spacial score (nSPS) is 15.3. The quantitative estimate of drug-likeness (QED) is 0.820. The molecule has 0 saturated carbocycles. The molecule has 1 unspecified atom stereocenters. The molecule has 0 aliphatic carbocycles. The molecule has 1 saturated heterocycles. The summed E-state index contributed by atoms with van der Waals surface area (Å²) in [5.74, 6) is 0. The van der Waals surface area contributed by atoms with Crippen molar-refractivity contribution in [2.75, 3.05) is 39.9 Å². The number of nitrogens with one attached hydrogen (secondary N) is 1. The number of ether oxygens (including phenoxy) is 1. The summed E-state index contributed by atoms with van der Waals surface area (Å²) < 4.78 is 5.50. The highest BCUT2D eigenvalue weighted by Gasteiger charge is 2.23. The lowest BCUT2D eigenvalue weighted by atomic mass is 10.0. The number of morpholine rings is 1. The zero-order valence-electron chi connectivity index (χ0n) is 17.1. The zero-order valence-corrected chi connectivity index (χ0v) is 17.1. The van der Waals surface area contributed by atoms with Gasteiger partial charge in [0.05, 0.1) is 30.9 Å². The van der Waals surface area contributed by atoms with Gasteiger partial charge in [-0.2, -0.15) is 5.26 Å². The number of benzene rings is 2. The summed E-state index contributed by atoms with van der Waals surface area (Å²) in [6.45, 7) is 6.27. The number of nitriles is 1. The second kappa shape index (κ2) is 10.1. The highest BCUT2D eigenvalue weighted by atomic mass is 16.5. The van der Waals surface area contributed by atoms with Gasteiger partial charge in [0.15, 0.2) is 0 Å². The van der Waals surface area contributed by atoms with Crippen molar-refractivity contribution in [3.63, 3.8) is 0 Å². The molecule has 29 heavy (non-hydrogen) atoms. The first-order valence-corrected chi connectivity index (χ1v) is 9.93. The fraction of sp³-hybridized carbons (Fsp3) is 0.391. The molecule has 1 N–H and O–H groups in total. The lowest BCUT2D eigenvalue weighted by molar-refractivity contribution is 0.0165. The second-order valence-electron chi connectivity index (χ2n) is 7.43. The van der Waals surface area contributed by atoms with E-state index in [0.29, 0.717) is 18.7 Å². The van der Waals surface area contributed by atoms with E-state index in [1.165, 1.54) is 11.1 Å². The van der Waals surface area contributed by atoms with E-state index in [1.807, 2.05) is 12.1 Å². The summed E-state index contributed by atoms with van der Waals surface area (Å²) in [5, 5.41) is 12.0. The van der Waals surface area contributed by atoms with E-state index in [9.17, 15) is 4.79 Å². The van der Waals surface area contributed by atoms with Gasteiger partial charge in [0.25, 0.3) is 0 Å². The smallest absolute Gasteiger partial charge is 0.317 e. The van der Waals surface area contributed by atoms with Crippen LogP contribution >= 0.6 is 0 Å². The Morgan fingerprint density at radius 2 is 1.97 bits per heavy atom. The van der Waals surface area contributed by atoms with Crippen LogP contribution in [0.1, 0.15) is 28.3 Å². The Hall–Kier alpha value is -2.88. The van der Waals surface area contributed by atoms with Crippen LogP contribution in [0.2, 0.25) is 0 Å². The van der Waals surface area contributed by atoms with Crippen LogP contribution < -0.4 is 5.32 Å². The first-order valence-electron chi connectivity index (χ1n) is 9.93. The largest absolute Gasteiger partial charge is 0.379 e. The van der Waals surface area contributed by atoms with E-state index < -0.39 is 0 Å². The predicted molar refractivity (Wildman–Crippen MR) is 112 cm³/mol. The number of amides is 2. The van der Waals surface area contributed by atoms with Crippen LogP contribution in [-0.4, -0.2) is 55.7 Å². The number of carbonyl (C=O) groups is 1. The summed E-state index contributed by atoms with van der Waals surface area (Å²) in [7, 11) is 1.78. The molecular formula is C23H28N4O2. The standard InChI is InChI=1S/C23H28N4O2/c1-18-4-3-5-21(14-18)22(27-10-12-29-13-11-27)16-25-23(28)26(2)17-20-8-6-19(15-24)7-9-20/h3-9,14,22H,10-13,16-17H2,1-2H3,(H,25,28). The molecule has 0 aromatic heterocycles. The SMILES string of the molecule is Cc1cccc(C(CNC(=O)N(C)Cc2ccc(C#N)cc2)N2CCOCC2)c1. The minimum atomic E-state index is -0.111. The molecular weight excluding hydrogens is 364 g/mol. The maximum atomic E-state index is 12.7. The lowest BCUT2D eigenvalue weighted by Gasteiger charge is -2.35. The average molecular weight is 393 g/mol. The molecule has 3 rings (SSSR count). The van der Waals surface area contributed by atoms with Crippen molar-refractivity contribution in [2.24, 2.45) is 0 Å². The maximum Gasteiger partial charge on any atom is 0.317 e. The predicted octanol–water partition coefficient (Wildman–Crippen LogP) is 3.08. The van der Waals surface area contributed by atoms with Gasteiger partial charge in [-0.15, -0.1) is 0 Å². The Labute approximate surface area is 172 Å². The van der Waals surface area contributed by atoms with Crippen LogP contribution in [0.3, 0.4) is 0 Å². The monoisotopic (exact) mass is 392 g/mol. The molecule has 0 radical (unpaired) electrons. The minimum Gasteiger partial charge on any atom is -0.379 e. The Balaban J connectivity index is 1.62. The number of rotatable bonds is 6. The highest BCUT2D eigenvalue weighted by Crippen LogP contribution is 2.22. The number of aryl methyl sites for hydroxylation is 1. The van der Waals surface area contributed by atoms with Crippen molar-refractivity contribution in [3.05, 3.63) is 70.8 Å². The van der Waals surface area contributed by atoms with Crippen LogP contribution in [0, 0.1) is 18.3 Å². The van der Waals surface area contributed by atoms with Crippen LogP contribution in [0.25, 0.3) is 0 Å². The van der Waals surface area contributed by atoms with Gasteiger partial charge in [-0.25, -0.2) is 4.79 Å². The topological polar surface area (TPSA) is 68.6 Å². The Morgan fingerprint density at radius 3 is 2.62 bits per heavy atom. The molecule has 0 bridgehead atoms. The lowest BCUT2D eigenvalue weighted by Crippen LogP contribution is -2.46. The Bertz CT molecular complexity index is 854. The van der Waals surface area contributed by atoms with Gasteiger partial charge in [0.2, 0.25) is 0 Å². The van der Waals surface area contributed by atoms with Crippen molar-refractivity contribution in [1.82, 2.24) is 15.1 Å². The molecule has 1 heterocycles. The summed E-state index contributed by atoms with van der Waals surface area (Å²) in [6.07, 6.45) is 0. The molecule has 6 nitrogen and oxygen atoms in total. The molecule has 2 amide bonds. The van der Waals surface area contributed by atoms with Crippen molar-refractivity contribution in [3.8, 4) is 6.07 Å². The Kier molecular flexibility index (Phi) is 7.23. The van der Waals surface area contributed by atoms with E-state index >= 15 is 0 Å². The minimum absolute atomic E-state index is 0.111. The van der Waals surface area contributed by atoms with Crippen LogP contribution in [0.4, 0.5) is 4.79 Å². The molecule has 0 spiro atoms. The molecule has 2 aromatic carbocycles. The van der Waals surface area contributed by atoms with Gasteiger partial charge in [-0.3, -0.25) is 4.90 Å². The fourth-order valence-electron chi connectivity index (χ4n) is 3.57. The van der Waals surface area contributed by atoms with Crippen molar-refractivity contribution in [1.29, 1.82) is 5.26 Å². The third-order valence-electron chi connectivity index (χ3n) is 5.21. The molecule has 1 aliphatic heterocycles. The maximum absolute atomic E-state index is 12.7. The molecule has 1 aliphatic rings. The van der Waals surface area contributed by atoms with Gasteiger partial charge < -0.3 is 15.0 Å². The Morgan fingerprint density at radius 1 is 1.24 bits per heavy atom. The van der Waals surface area contributed by atoms with E-state index in [2.05, 4.69) is 47.5 Å². The van der Waals surface area contributed by atoms with E-state index in [4.69, 9.17) is 10.00 Å². The van der Waals surface area contributed by atoms with Crippen molar-refractivity contribution >= 4 is 6.03 Å². The number of urea groups is 1. The first-order chi connectivity index (χ1) is 14.1. The van der Waals surface area contributed by atoms with Crippen LogP contribution in [0.5, 0.6) is 0 Å². The third-order valence-corrected chi connectivity index (χ3v) is 5.21. The van der Waals surface area contributed by atoms with Gasteiger partial charge >= 0.3 is 6.03 Å². The molecule has 1 atom stereocenters. The van der Waals surface area contributed by atoms with Crippen LogP contribution in [-0.2, 0) is 11.3 Å². The summed E-state index contributed by atoms with van der Waals surface area (Å²) >= 11 is 0. The van der Waals surface area contributed by atoms with Gasteiger partial charge in [0.1, 0.15) is 0 Å². The second-order valence-corrected chi connectivity index (χ2v) is 7.43. The van der Waals surface area contributed by atoms with Gasteiger partial charge in [-0.1, -0.05) is 42.0 Å². The molecule has 2 aromatic rings. The average Bonchev–Trinajstić information content (AvgIpc) is 2.75. The van der Waals surface area contributed by atoms with E-state index in [1.54, 1.807) is 24.1 Å². The van der Waals surface area contributed by atoms with Crippen LogP contribution in [0.15, 0.2) is 48.5 Å². The summed E-state index contributed by atoms with van der Waals surface area (Å²) in [6, 6.07) is 17.9. The first kappa shape index (κ1) is 20.8. The van der Waals surface area contributed by atoms with Gasteiger partial charge in [0, 0.05) is 33.2 Å². The molecule has 152 valence electrons. The van der Waals surface area contributed by atoms with E-state index in [0.717, 1.165) is 31.9 Å². The van der Waals surface area contributed by atoms with Crippen molar-refractivity contribution < 1.29 is 9.53 Å². The highest BCUT2D eigenvalue weighted by molar-refractivity contribution is 5.73.